The summed E-state index contributed by atoms with van der Waals surface area (Å²) in [5, 5.41) is 12.4. The third-order valence-corrected chi connectivity index (χ3v) is 2.03. The number of aromatic nitrogens is 2. The molecule has 0 unspecified atom stereocenters. The first-order valence-electron chi connectivity index (χ1n) is 4.78. The van der Waals surface area contributed by atoms with Crippen LogP contribution in [0.2, 0.25) is 0 Å². The zero-order valence-corrected chi connectivity index (χ0v) is 8.69. The molecule has 5 heteroatoms. The van der Waals surface area contributed by atoms with Gasteiger partial charge >= 0.3 is 0 Å². The Morgan fingerprint density at radius 1 is 1.38 bits per heavy atom. The lowest BCUT2D eigenvalue weighted by molar-refractivity contribution is 0.477. The van der Waals surface area contributed by atoms with Crippen molar-refractivity contribution in [2.45, 2.75) is 6.92 Å². The van der Waals surface area contributed by atoms with E-state index in [0.29, 0.717) is 17.3 Å². The number of aryl methyl sites for hydroxylation is 1. The lowest BCUT2D eigenvalue weighted by atomic mass is 10.3. The molecule has 82 valence electrons. The van der Waals surface area contributed by atoms with Gasteiger partial charge < -0.3 is 10.4 Å². The van der Waals surface area contributed by atoms with Gasteiger partial charge in [0.05, 0.1) is 5.69 Å². The molecule has 2 aromatic rings. The van der Waals surface area contributed by atoms with E-state index < -0.39 is 0 Å². The zero-order valence-electron chi connectivity index (χ0n) is 8.69. The van der Waals surface area contributed by atoms with Crippen molar-refractivity contribution in [3.63, 3.8) is 0 Å². The molecule has 0 bridgehead atoms. The van der Waals surface area contributed by atoms with Crippen LogP contribution in [0, 0.1) is 6.92 Å². The fraction of sp³-hybridized carbons (Fsp3) is 0.0909. The molecule has 1 aromatic heterocycles. The number of H-pyrrole nitrogens is 1. The van der Waals surface area contributed by atoms with Gasteiger partial charge in [0.15, 0.2) is 0 Å². The van der Waals surface area contributed by atoms with E-state index in [4.69, 9.17) is 0 Å². The third kappa shape index (κ3) is 2.20. The monoisotopic (exact) mass is 217 g/mol. The van der Waals surface area contributed by atoms with E-state index in [0.717, 1.165) is 0 Å². The first kappa shape index (κ1) is 10.2. The maximum Gasteiger partial charge on any atom is 0.252 e. The maximum atomic E-state index is 11.2. The van der Waals surface area contributed by atoms with Crippen molar-refractivity contribution >= 4 is 11.6 Å². The summed E-state index contributed by atoms with van der Waals surface area (Å²) in [4.78, 5) is 17.8. The molecule has 0 radical (unpaired) electrons. The highest BCUT2D eigenvalue weighted by Crippen LogP contribution is 2.23. The van der Waals surface area contributed by atoms with Crippen LogP contribution < -0.4 is 10.9 Å². The van der Waals surface area contributed by atoms with Crippen molar-refractivity contribution in [1.29, 1.82) is 0 Å². The van der Waals surface area contributed by atoms with Crippen LogP contribution in [0.5, 0.6) is 5.75 Å². The quantitative estimate of drug-likeness (QED) is 0.666. The third-order valence-electron chi connectivity index (χ3n) is 2.03. The van der Waals surface area contributed by atoms with E-state index in [2.05, 4.69) is 15.3 Å². The number of rotatable bonds is 2. The van der Waals surface area contributed by atoms with E-state index in [1.165, 1.54) is 6.07 Å². The Kier molecular flexibility index (Phi) is 2.59. The topological polar surface area (TPSA) is 78.0 Å². The van der Waals surface area contributed by atoms with Gasteiger partial charge in [-0.15, -0.1) is 0 Å². The van der Waals surface area contributed by atoms with Crippen molar-refractivity contribution in [3.05, 3.63) is 46.4 Å². The summed E-state index contributed by atoms with van der Waals surface area (Å²) in [6.07, 6.45) is 0. The number of benzene rings is 1. The van der Waals surface area contributed by atoms with Crippen LogP contribution in [-0.4, -0.2) is 15.1 Å². The molecule has 1 heterocycles. The second-order valence-electron chi connectivity index (χ2n) is 3.38. The highest BCUT2D eigenvalue weighted by Gasteiger charge is 2.02. The smallest absolute Gasteiger partial charge is 0.252 e. The summed E-state index contributed by atoms with van der Waals surface area (Å²) >= 11 is 0. The second-order valence-corrected chi connectivity index (χ2v) is 3.38. The average molecular weight is 217 g/mol. The second kappa shape index (κ2) is 4.06. The van der Waals surface area contributed by atoms with Crippen LogP contribution in [0.15, 0.2) is 35.1 Å². The molecular weight excluding hydrogens is 206 g/mol. The summed E-state index contributed by atoms with van der Waals surface area (Å²) in [7, 11) is 0. The van der Waals surface area contributed by atoms with Gasteiger partial charge in [0.25, 0.3) is 5.56 Å². The van der Waals surface area contributed by atoms with Gasteiger partial charge in [-0.25, -0.2) is 4.98 Å². The molecule has 2 rings (SSSR count). The Morgan fingerprint density at radius 2 is 2.12 bits per heavy atom. The molecule has 0 aliphatic rings. The minimum absolute atomic E-state index is 0.103. The molecule has 0 saturated heterocycles. The number of anilines is 2. The predicted molar refractivity (Wildman–Crippen MR) is 61.0 cm³/mol. The van der Waals surface area contributed by atoms with E-state index in [1.54, 1.807) is 31.2 Å². The molecule has 3 N–H and O–H groups in total. The number of aromatic hydroxyl groups is 1. The van der Waals surface area contributed by atoms with E-state index in [-0.39, 0.29) is 11.3 Å². The normalized spacial score (nSPS) is 10.1. The van der Waals surface area contributed by atoms with Crippen LogP contribution in [0.25, 0.3) is 0 Å². The van der Waals surface area contributed by atoms with Crippen LogP contribution in [-0.2, 0) is 0 Å². The predicted octanol–water partition coefficient (Wildman–Crippen LogP) is 1.53. The molecular formula is C11H11N3O2. The van der Waals surface area contributed by atoms with Gasteiger partial charge in [-0.2, -0.15) is 0 Å². The van der Waals surface area contributed by atoms with Gasteiger partial charge in [-0.05, 0) is 19.1 Å². The Bertz CT molecular complexity index is 563. The number of nitrogens with one attached hydrogen (secondary N) is 2. The minimum Gasteiger partial charge on any atom is -0.506 e. The molecule has 0 atom stereocenters. The van der Waals surface area contributed by atoms with Crippen molar-refractivity contribution in [2.24, 2.45) is 0 Å². The number of para-hydroxylation sites is 2. The van der Waals surface area contributed by atoms with Gasteiger partial charge in [-0.3, -0.25) is 9.78 Å². The summed E-state index contributed by atoms with van der Waals surface area (Å²) in [5.74, 6) is 0.415. The maximum absolute atomic E-state index is 11.2. The first-order valence-corrected chi connectivity index (χ1v) is 4.78. The summed E-state index contributed by atoms with van der Waals surface area (Å²) < 4.78 is 0. The number of aromatic amines is 1. The fourth-order valence-electron chi connectivity index (χ4n) is 1.35. The van der Waals surface area contributed by atoms with Crippen molar-refractivity contribution < 1.29 is 5.11 Å². The lowest BCUT2D eigenvalue weighted by Crippen LogP contribution is -2.10. The number of hydrogen-bond acceptors (Lipinski definition) is 4. The lowest BCUT2D eigenvalue weighted by Gasteiger charge is -2.06. The molecule has 16 heavy (non-hydrogen) atoms. The number of nitrogens with zero attached hydrogens (tertiary/aromatic N) is 1. The van der Waals surface area contributed by atoms with Crippen LogP contribution >= 0.6 is 0 Å². The van der Waals surface area contributed by atoms with Gasteiger partial charge in [0.1, 0.15) is 5.75 Å². The molecule has 0 aliphatic heterocycles. The zero-order chi connectivity index (χ0) is 11.5. The Labute approximate surface area is 91.8 Å². The summed E-state index contributed by atoms with van der Waals surface area (Å²) in [6, 6.07) is 8.13. The van der Waals surface area contributed by atoms with Gasteiger partial charge in [0, 0.05) is 11.8 Å². The largest absolute Gasteiger partial charge is 0.506 e. The molecule has 0 amide bonds. The SMILES string of the molecule is Cc1cc(=O)[nH]c(Nc2ccccc2O)n1. The van der Waals surface area contributed by atoms with Crippen molar-refractivity contribution in [1.82, 2.24) is 9.97 Å². The summed E-state index contributed by atoms with van der Waals surface area (Å²) in [6.45, 7) is 1.73. The van der Waals surface area contributed by atoms with Crippen LogP contribution in [0.4, 0.5) is 11.6 Å². The Balaban J connectivity index is 2.34. The van der Waals surface area contributed by atoms with Gasteiger partial charge in [0.2, 0.25) is 5.95 Å². The van der Waals surface area contributed by atoms with E-state index in [9.17, 15) is 9.90 Å². The van der Waals surface area contributed by atoms with E-state index >= 15 is 0 Å². The first-order chi connectivity index (χ1) is 7.65. The molecule has 0 spiro atoms. The standard InChI is InChI=1S/C11H11N3O2/c1-7-6-10(16)14-11(12-7)13-8-4-2-3-5-9(8)15/h2-6,15H,1H3,(H2,12,13,14,16). The highest BCUT2D eigenvalue weighted by molar-refractivity contribution is 5.61. The van der Waals surface area contributed by atoms with Crippen molar-refractivity contribution in [3.8, 4) is 5.75 Å². The number of phenolic OH excluding ortho intramolecular Hbond substituents is 1. The molecule has 1 aromatic carbocycles. The molecule has 0 aliphatic carbocycles. The molecule has 5 nitrogen and oxygen atoms in total. The van der Waals surface area contributed by atoms with Gasteiger partial charge in [-0.1, -0.05) is 12.1 Å². The van der Waals surface area contributed by atoms with Crippen molar-refractivity contribution in [2.75, 3.05) is 5.32 Å². The minimum atomic E-state index is -0.231. The summed E-state index contributed by atoms with van der Waals surface area (Å²) in [5.41, 5.74) is 0.878. The van der Waals surface area contributed by atoms with Crippen LogP contribution in [0.1, 0.15) is 5.69 Å². The Morgan fingerprint density at radius 3 is 2.81 bits per heavy atom. The van der Waals surface area contributed by atoms with E-state index in [1.807, 2.05) is 0 Å². The molecule has 0 saturated carbocycles. The number of phenols is 1. The number of hydrogen-bond donors (Lipinski definition) is 3. The Hall–Kier alpha value is -2.30. The average Bonchev–Trinajstić information content (AvgIpc) is 2.20. The van der Waals surface area contributed by atoms with Crippen LogP contribution in [0.3, 0.4) is 0 Å². The molecule has 0 fully saturated rings. The fourth-order valence-corrected chi connectivity index (χ4v) is 1.35. The highest BCUT2D eigenvalue weighted by atomic mass is 16.3.